The number of rotatable bonds is 1. The Morgan fingerprint density at radius 1 is 1.50 bits per heavy atom. The van der Waals surface area contributed by atoms with Crippen molar-refractivity contribution in [1.82, 2.24) is 0 Å². The van der Waals surface area contributed by atoms with Gasteiger partial charge in [-0.1, -0.05) is 6.07 Å². The Kier molecular flexibility index (Phi) is 1.59. The van der Waals surface area contributed by atoms with Crippen molar-refractivity contribution < 1.29 is 9.90 Å². The zero-order chi connectivity index (χ0) is 8.55. The summed E-state index contributed by atoms with van der Waals surface area (Å²) < 4.78 is 0.968. The molecule has 3 heteroatoms. The Hall–Kier alpha value is -1.35. The number of carboxylic acids is 1. The van der Waals surface area contributed by atoms with Crippen molar-refractivity contribution in [1.29, 1.82) is 0 Å². The van der Waals surface area contributed by atoms with Crippen molar-refractivity contribution in [3.8, 4) is 0 Å². The van der Waals surface area contributed by atoms with Gasteiger partial charge in [-0.15, -0.1) is 11.3 Å². The van der Waals surface area contributed by atoms with Crippen LogP contribution < -0.4 is 0 Å². The predicted octanol–water partition coefficient (Wildman–Crippen LogP) is 2.40. The van der Waals surface area contributed by atoms with E-state index < -0.39 is 5.97 Å². The number of carbonyl (C=O) groups is 1. The first kappa shape index (κ1) is 7.31. The number of hydrogen-bond donors (Lipinski definition) is 1. The highest BCUT2D eigenvalue weighted by Gasteiger charge is 2.03. The van der Waals surface area contributed by atoms with Crippen LogP contribution in [0.1, 0.15) is 10.4 Å². The third-order valence-corrected chi connectivity index (χ3v) is 2.45. The van der Waals surface area contributed by atoms with Gasteiger partial charge in [-0.2, -0.15) is 0 Å². The van der Waals surface area contributed by atoms with Crippen LogP contribution in [-0.2, 0) is 0 Å². The van der Waals surface area contributed by atoms with Crippen LogP contribution in [0.5, 0.6) is 0 Å². The lowest BCUT2D eigenvalue weighted by Gasteiger charge is -1.92. The van der Waals surface area contributed by atoms with E-state index in [4.69, 9.17) is 5.11 Å². The Morgan fingerprint density at radius 3 is 3.08 bits per heavy atom. The Labute approximate surface area is 73.1 Å². The van der Waals surface area contributed by atoms with Gasteiger partial charge in [0.1, 0.15) is 0 Å². The van der Waals surface area contributed by atoms with Crippen LogP contribution in [0.25, 0.3) is 10.1 Å². The SMILES string of the molecule is O=C(O)c1ccc2c[c]sc2c1. The van der Waals surface area contributed by atoms with E-state index in [0.29, 0.717) is 5.56 Å². The number of hydrogen-bond acceptors (Lipinski definition) is 2. The lowest BCUT2D eigenvalue weighted by Crippen LogP contribution is -1.94. The lowest BCUT2D eigenvalue weighted by atomic mass is 10.2. The third-order valence-electron chi connectivity index (χ3n) is 1.64. The predicted molar refractivity (Wildman–Crippen MR) is 47.6 cm³/mol. The van der Waals surface area contributed by atoms with Gasteiger partial charge in [0.25, 0.3) is 0 Å². The molecule has 0 fully saturated rings. The number of aromatic carboxylic acids is 1. The molecule has 0 spiro atoms. The monoisotopic (exact) mass is 177 g/mol. The average Bonchev–Trinajstić information content (AvgIpc) is 2.49. The van der Waals surface area contributed by atoms with Gasteiger partial charge in [-0.3, -0.25) is 0 Å². The summed E-state index contributed by atoms with van der Waals surface area (Å²) in [4.78, 5) is 10.6. The van der Waals surface area contributed by atoms with Gasteiger partial charge >= 0.3 is 5.97 Å². The van der Waals surface area contributed by atoms with Crippen LogP contribution >= 0.6 is 11.3 Å². The van der Waals surface area contributed by atoms with E-state index in [1.807, 2.05) is 6.07 Å². The number of thiophene rings is 1. The molecular formula is C9H5O2S. The molecule has 2 aromatic rings. The molecule has 1 aromatic carbocycles. The number of carboxylic acid groups (broad SMARTS) is 1. The summed E-state index contributed by atoms with van der Waals surface area (Å²) in [5, 5.41) is 12.7. The van der Waals surface area contributed by atoms with E-state index in [9.17, 15) is 4.79 Å². The van der Waals surface area contributed by atoms with E-state index in [1.165, 1.54) is 11.3 Å². The summed E-state index contributed by atoms with van der Waals surface area (Å²) in [5.74, 6) is -0.884. The van der Waals surface area contributed by atoms with Crippen molar-refractivity contribution in [3.05, 3.63) is 35.2 Å². The highest BCUT2D eigenvalue weighted by Crippen LogP contribution is 2.21. The van der Waals surface area contributed by atoms with Crippen LogP contribution in [0.2, 0.25) is 0 Å². The topological polar surface area (TPSA) is 37.3 Å². The fourth-order valence-electron chi connectivity index (χ4n) is 1.03. The van der Waals surface area contributed by atoms with Crippen molar-refractivity contribution in [2.45, 2.75) is 0 Å². The van der Waals surface area contributed by atoms with Gasteiger partial charge in [-0.25, -0.2) is 4.79 Å². The second kappa shape index (κ2) is 2.60. The second-order valence-corrected chi connectivity index (χ2v) is 3.30. The normalized spacial score (nSPS) is 10.3. The first-order chi connectivity index (χ1) is 5.77. The quantitative estimate of drug-likeness (QED) is 0.726. The molecule has 0 unspecified atom stereocenters. The lowest BCUT2D eigenvalue weighted by molar-refractivity contribution is 0.0697. The summed E-state index contributed by atoms with van der Waals surface area (Å²) in [6.07, 6.45) is 0. The number of benzene rings is 1. The maximum absolute atomic E-state index is 10.6. The summed E-state index contributed by atoms with van der Waals surface area (Å²) in [5.41, 5.74) is 0.332. The van der Waals surface area contributed by atoms with Gasteiger partial charge < -0.3 is 5.11 Å². The molecular weight excluding hydrogens is 172 g/mol. The average molecular weight is 177 g/mol. The van der Waals surface area contributed by atoms with E-state index >= 15 is 0 Å². The molecule has 1 heterocycles. The smallest absolute Gasteiger partial charge is 0.335 e. The van der Waals surface area contributed by atoms with Crippen LogP contribution in [0.3, 0.4) is 0 Å². The van der Waals surface area contributed by atoms with E-state index in [-0.39, 0.29) is 0 Å². The molecule has 0 saturated carbocycles. The van der Waals surface area contributed by atoms with E-state index in [0.717, 1.165) is 10.1 Å². The minimum absolute atomic E-state index is 0.332. The first-order valence-electron chi connectivity index (χ1n) is 3.40. The molecule has 2 nitrogen and oxygen atoms in total. The van der Waals surface area contributed by atoms with E-state index in [1.54, 1.807) is 18.2 Å². The molecule has 0 amide bonds. The standard InChI is InChI=1S/C9H5O2S/c10-9(11)7-2-1-6-3-4-12-8(6)5-7/h1-3,5H,(H,10,11). The molecule has 0 bridgehead atoms. The molecule has 0 atom stereocenters. The number of fused-ring (bicyclic) bond motifs is 1. The van der Waals surface area contributed by atoms with Crippen LogP contribution in [0.4, 0.5) is 0 Å². The fourth-order valence-corrected chi connectivity index (χ4v) is 1.78. The summed E-state index contributed by atoms with van der Waals surface area (Å²) in [6, 6.07) is 6.92. The molecule has 0 saturated heterocycles. The Bertz CT molecular complexity index is 431. The van der Waals surface area contributed by atoms with Gasteiger partial charge in [-0.05, 0) is 23.6 Å². The van der Waals surface area contributed by atoms with Gasteiger partial charge in [0.2, 0.25) is 0 Å². The molecule has 0 aliphatic rings. The van der Waals surface area contributed by atoms with Crippen molar-refractivity contribution in [2.24, 2.45) is 0 Å². The van der Waals surface area contributed by atoms with Crippen molar-refractivity contribution in [3.63, 3.8) is 0 Å². The van der Waals surface area contributed by atoms with Crippen molar-refractivity contribution >= 4 is 27.4 Å². The zero-order valence-electron chi connectivity index (χ0n) is 6.07. The highest BCUT2D eigenvalue weighted by atomic mass is 32.1. The summed E-state index contributed by atoms with van der Waals surface area (Å²) >= 11 is 1.43. The van der Waals surface area contributed by atoms with Crippen molar-refractivity contribution in [2.75, 3.05) is 0 Å². The minimum atomic E-state index is -0.884. The molecule has 12 heavy (non-hydrogen) atoms. The molecule has 1 radical (unpaired) electrons. The van der Waals surface area contributed by atoms with Crippen LogP contribution in [0, 0.1) is 5.38 Å². The zero-order valence-corrected chi connectivity index (χ0v) is 6.89. The van der Waals surface area contributed by atoms with Gasteiger partial charge in [0, 0.05) is 10.1 Å². The third kappa shape index (κ3) is 1.08. The summed E-state index contributed by atoms with van der Waals surface area (Å²) in [6.45, 7) is 0. The molecule has 59 valence electrons. The largest absolute Gasteiger partial charge is 0.478 e. The molecule has 0 aliphatic heterocycles. The Balaban J connectivity index is 2.68. The fraction of sp³-hybridized carbons (Fsp3) is 0. The van der Waals surface area contributed by atoms with Gasteiger partial charge in [0.15, 0.2) is 0 Å². The van der Waals surface area contributed by atoms with Crippen LogP contribution in [-0.4, -0.2) is 11.1 Å². The molecule has 1 aromatic heterocycles. The summed E-state index contributed by atoms with van der Waals surface area (Å²) in [7, 11) is 0. The first-order valence-corrected chi connectivity index (χ1v) is 4.22. The Morgan fingerprint density at radius 2 is 2.33 bits per heavy atom. The minimum Gasteiger partial charge on any atom is -0.478 e. The second-order valence-electron chi connectivity index (χ2n) is 2.42. The maximum atomic E-state index is 10.6. The van der Waals surface area contributed by atoms with E-state index in [2.05, 4.69) is 5.38 Å². The maximum Gasteiger partial charge on any atom is 0.335 e. The van der Waals surface area contributed by atoms with Crippen LogP contribution in [0.15, 0.2) is 24.3 Å². The van der Waals surface area contributed by atoms with Gasteiger partial charge in [0.05, 0.1) is 5.56 Å². The molecule has 0 aliphatic carbocycles. The molecule has 1 N–H and O–H groups in total. The highest BCUT2D eigenvalue weighted by molar-refractivity contribution is 7.16. The molecule has 2 rings (SSSR count).